The molecule has 4 aromatic rings. The van der Waals surface area contributed by atoms with Crippen LogP contribution in [0.1, 0.15) is 31.8 Å². The topological polar surface area (TPSA) is 59.9 Å². The van der Waals surface area contributed by atoms with Crippen molar-refractivity contribution in [2.45, 2.75) is 0 Å². The van der Waals surface area contributed by atoms with E-state index in [2.05, 4.69) is 9.97 Å². The fourth-order valence-electron chi connectivity index (χ4n) is 3.74. The van der Waals surface area contributed by atoms with Gasteiger partial charge in [0.05, 0.1) is 0 Å². The second-order valence-corrected chi connectivity index (χ2v) is 7.12. The van der Waals surface area contributed by atoms with Crippen molar-refractivity contribution in [2.75, 3.05) is 0 Å². The molecule has 0 radical (unpaired) electrons. The average molecular weight is 434 g/mol. The van der Waals surface area contributed by atoms with Gasteiger partial charge in [0.15, 0.2) is 11.6 Å². The Morgan fingerprint density at radius 3 is 1.22 bits per heavy atom. The number of hydrogen-bond donors (Lipinski definition) is 0. The molecule has 8 heteroatoms. The molecule has 0 fully saturated rings. The molecular formula is C24H10F4N2O2. The molecule has 4 nitrogen and oxygen atoms in total. The summed E-state index contributed by atoms with van der Waals surface area (Å²) in [5, 5.41) is 0. The predicted molar refractivity (Wildman–Crippen MR) is 106 cm³/mol. The second kappa shape index (κ2) is 7.19. The number of halogens is 4. The number of pyridine rings is 2. The molecule has 156 valence electrons. The number of carbonyl (C=O) groups excluding carboxylic acids is 2. The van der Waals surface area contributed by atoms with Crippen molar-refractivity contribution in [3.05, 3.63) is 107 Å². The highest BCUT2D eigenvalue weighted by atomic mass is 19.1. The monoisotopic (exact) mass is 434 g/mol. The van der Waals surface area contributed by atoms with Gasteiger partial charge in [-0.15, -0.1) is 0 Å². The van der Waals surface area contributed by atoms with Gasteiger partial charge in [0, 0.05) is 33.4 Å². The van der Waals surface area contributed by atoms with Crippen molar-refractivity contribution in [2.24, 2.45) is 0 Å². The first kappa shape index (κ1) is 19.7. The van der Waals surface area contributed by atoms with E-state index in [-0.39, 0.29) is 44.5 Å². The summed E-state index contributed by atoms with van der Waals surface area (Å²) in [5.41, 5.74) is 0.791. The number of carbonyl (C=O) groups is 2. The first-order chi connectivity index (χ1) is 15.3. The maximum absolute atomic E-state index is 14.1. The third-order valence-electron chi connectivity index (χ3n) is 5.27. The van der Waals surface area contributed by atoms with Gasteiger partial charge in [-0.25, -0.2) is 0 Å². The largest absolute Gasteiger partial charge is 0.289 e. The van der Waals surface area contributed by atoms with Gasteiger partial charge in [0.1, 0.15) is 0 Å². The molecule has 0 saturated heterocycles. The number of hydrogen-bond acceptors (Lipinski definition) is 4. The van der Waals surface area contributed by atoms with Crippen LogP contribution in [0.4, 0.5) is 17.6 Å². The van der Waals surface area contributed by atoms with E-state index in [1.54, 1.807) is 0 Å². The standard InChI is InChI=1S/C24H10F4N2O2/c25-19-7-5-13(23(27)29-19)11-1-3-15-17(9-11)22(32)16-4-2-12(10-18(16)21(15)31)14-6-8-20(26)30-24(14)28/h1-10H. The first-order valence-electron chi connectivity index (χ1n) is 9.36. The predicted octanol–water partition coefficient (Wildman–Crippen LogP) is 5.14. The molecule has 0 atom stereocenters. The van der Waals surface area contributed by atoms with Crippen LogP contribution in [0.15, 0.2) is 60.7 Å². The number of aromatic nitrogens is 2. The van der Waals surface area contributed by atoms with Crippen molar-refractivity contribution in [3.63, 3.8) is 0 Å². The van der Waals surface area contributed by atoms with Gasteiger partial charge in [-0.1, -0.05) is 12.1 Å². The molecule has 0 N–H and O–H groups in total. The Kier molecular flexibility index (Phi) is 4.44. The van der Waals surface area contributed by atoms with E-state index in [1.807, 2.05) is 0 Å². The first-order valence-corrected chi connectivity index (χ1v) is 9.36. The molecule has 1 aliphatic carbocycles. The minimum absolute atomic E-state index is 0.0186. The van der Waals surface area contributed by atoms with Gasteiger partial charge in [0.25, 0.3) is 0 Å². The van der Waals surface area contributed by atoms with E-state index in [4.69, 9.17) is 0 Å². The minimum Gasteiger partial charge on any atom is -0.289 e. The molecule has 0 amide bonds. The van der Waals surface area contributed by atoms with Crippen LogP contribution >= 0.6 is 0 Å². The molecular weight excluding hydrogens is 424 g/mol. The third-order valence-corrected chi connectivity index (χ3v) is 5.27. The average Bonchev–Trinajstić information content (AvgIpc) is 2.77. The zero-order valence-corrected chi connectivity index (χ0v) is 16.0. The van der Waals surface area contributed by atoms with Crippen molar-refractivity contribution in [1.29, 1.82) is 0 Å². The van der Waals surface area contributed by atoms with E-state index >= 15 is 0 Å². The van der Waals surface area contributed by atoms with Crippen LogP contribution in [0.3, 0.4) is 0 Å². The van der Waals surface area contributed by atoms with Crippen LogP contribution in [-0.4, -0.2) is 21.5 Å². The van der Waals surface area contributed by atoms with Crippen LogP contribution in [0.25, 0.3) is 22.3 Å². The van der Waals surface area contributed by atoms with Gasteiger partial charge < -0.3 is 0 Å². The molecule has 0 bridgehead atoms. The Balaban J connectivity index is 1.60. The summed E-state index contributed by atoms with van der Waals surface area (Å²) in [4.78, 5) is 32.4. The van der Waals surface area contributed by atoms with Gasteiger partial charge >= 0.3 is 0 Å². The van der Waals surface area contributed by atoms with Crippen molar-refractivity contribution in [3.8, 4) is 22.3 Å². The highest BCUT2D eigenvalue weighted by Crippen LogP contribution is 2.34. The van der Waals surface area contributed by atoms with E-state index in [0.717, 1.165) is 12.1 Å². The maximum atomic E-state index is 14.1. The number of ketones is 2. The molecule has 5 rings (SSSR count). The van der Waals surface area contributed by atoms with Crippen molar-refractivity contribution < 1.29 is 27.2 Å². The smallest absolute Gasteiger partial charge is 0.223 e. The Labute approximate surface area is 178 Å². The summed E-state index contributed by atoms with van der Waals surface area (Å²) in [6, 6.07) is 12.7. The Hall–Kier alpha value is -4.20. The molecule has 2 aromatic carbocycles. The van der Waals surface area contributed by atoms with Crippen LogP contribution in [0.5, 0.6) is 0 Å². The van der Waals surface area contributed by atoms with Crippen LogP contribution < -0.4 is 0 Å². The number of benzene rings is 2. The van der Waals surface area contributed by atoms with Gasteiger partial charge in [-0.05, 0) is 59.7 Å². The summed E-state index contributed by atoms with van der Waals surface area (Å²) >= 11 is 0. The second-order valence-electron chi connectivity index (χ2n) is 7.12. The lowest BCUT2D eigenvalue weighted by Crippen LogP contribution is -2.21. The highest BCUT2D eigenvalue weighted by Gasteiger charge is 2.30. The molecule has 0 saturated carbocycles. The normalized spacial score (nSPS) is 12.5. The zero-order chi connectivity index (χ0) is 22.6. The lowest BCUT2D eigenvalue weighted by Gasteiger charge is -2.19. The summed E-state index contributed by atoms with van der Waals surface area (Å²) in [7, 11) is 0. The van der Waals surface area contributed by atoms with Crippen molar-refractivity contribution in [1.82, 2.24) is 9.97 Å². The summed E-state index contributed by atoms with van der Waals surface area (Å²) < 4.78 is 54.4. The fraction of sp³-hybridized carbons (Fsp3) is 0. The lowest BCUT2D eigenvalue weighted by molar-refractivity contribution is 0.0979. The maximum Gasteiger partial charge on any atom is 0.223 e. The third kappa shape index (κ3) is 3.08. The van der Waals surface area contributed by atoms with Gasteiger partial charge in [0.2, 0.25) is 23.8 Å². The van der Waals surface area contributed by atoms with E-state index in [1.165, 1.54) is 48.5 Å². The number of fused-ring (bicyclic) bond motifs is 2. The van der Waals surface area contributed by atoms with E-state index < -0.39 is 35.4 Å². The number of nitrogens with zero attached hydrogens (tertiary/aromatic N) is 2. The van der Waals surface area contributed by atoms with Gasteiger partial charge in [-0.2, -0.15) is 27.5 Å². The summed E-state index contributed by atoms with van der Waals surface area (Å²) in [6.45, 7) is 0. The zero-order valence-electron chi connectivity index (χ0n) is 16.0. The van der Waals surface area contributed by atoms with Crippen LogP contribution in [-0.2, 0) is 0 Å². The minimum atomic E-state index is -1.04. The Morgan fingerprint density at radius 2 is 0.844 bits per heavy atom. The number of rotatable bonds is 2. The Morgan fingerprint density at radius 1 is 0.469 bits per heavy atom. The molecule has 0 spiro atoms. The van der Waals surface area contributed by atoms with E-state index in [0.29, 0.717) is 0 Å². The fourth-order valence-corrected chi connectivity index (χ4v) is 3.74. The molecule has 2 aromatic heterocycles. The van der Waals surface area contributed by atoms with E-state index in [9.17, 15) is 27.2 Å². The highest BCUT2D eigenvalue weighted by molar-refractivity contribution is 6.29. The lowest BCUT2D eigenvalue weighted by atomic mass is 9.81. The molecule has 0 unspecified atom stereocenters. The van der Waals surface area contributed by atoms with Crippen molar-refractivity contribution >= 4 is 11.6 Å². The molecule has 2 heterocycles. The Bertz CT molecular complexity index is 1360. The van der Waals surface area contributed by atoms with Gasteiger partial charge in [-0.3, -0.25) is 9.59 Å². The summed E-state index contributed by atoms with van der Waals surface area (Å²) in [5.74, 6) is -4.99. The SMILES string of the molecule is O=C1c2ccc(-c3ccc(F)nc3F)cc2C(=O)c2ccc(-c3ccc(F)nc3F)cc21. The van der Waals surface area contributed by atoms with Crippen LogP contribution in [0.2, 0.25) is 0 Å². The van der Waals surface area contributed by atoms with Crippen LogP contribution in [0, 0.1) is 23.8 Å². The summed E-state index contributed by atoms with van der Waals surface area (Å²) in [6.07, 6.45) is 0. The molecule has 32 heavy (non-hydrogen) atoms. The molecule has 1 aliphatic rings. The molecule has 0 aliphatic heterocycles. The quantitative estimate of drug-likeness (QED) is 0.285.